The second-order valence-electron chi connectivity index (χ2n) is 8.04. The molecule has 0 fully saturated rings. The molecule has 32 heavy (non-hydrogen) atoms. The van der Waals surface area contributed by atoms with Gasteiger partial charge in [-0.05, 0) is 75.1 Å². The van der Waals surface area contributed by atoms with Gasteiger partial charge >= 0.3 is 0 Å². The Balaban J connectivity index is 1.42. The molecule has 0 saturated heterocycles. The highest BCUT2D eigenvalue weighted by atomic mass is 16.5. The van der Waals surface area contributed by atoms with Crippen molar-refractivity contribution in [3.8, 4) is 5.75 Å². The molecule has 6 nitrogen and oxygen atoms in total. The molecule has 6 heteroatoms. The standard InChI is InChI=1S/C26H29N3O3/c1-18-10-8-13-23(19(18)2)31-16-7-6-15-29-22-12-5-4-11-21(22)28-25(29)20(3)27-26(30)24-14-9-17-32-24/h4-5,8-14,17,20H,6-7,15-16H2,1-3H3,(H,27,30). The number of carbonyl (C=O) groups excluding carboxylic acids is 1. The van der Waals surface area contributed by atoms with Gasteiger partial charge in [0, 0.05) is 6.54 Å². The Morgan fingerprint density at radius 1 is 1.09 bits per heavy atom. The highest BCUT2D eigenvalue weighted by Crippen LogP contribution is 2.23. The number of aryl methyl sites for hydroxylation is 2. The van der Waals surface area contributed by atoms with Crippen molar-refractivity contribution in [3.05, 3.63) is 83.6 Å². The highest BCUT2D eigenvalue weighted by molar-refractivity contribution is 5.91. The predicted molar refractivity (Wildman–Crippen MR) is 125 cm³/mol. The molecule has 0 spiro atoms. The summed E-state index contributed by atoms with van der Waals surface area (Å²) in [6, 6.07) is 17.3. The van der Waals surface area contributed by atoms with Gasteiger partial charge in [0.25, 0.3) is 5.91 Å². The first kappa shape index (κ1) is 21.7. The van der Waals surface area contributed by atoms with Crippen LogP contribution in [0.3, 0.4) is 0 Å². The maximum absolute atomic E-state index is 12.4. The molecule has 1 N–H and O–H groups in total. The van der Waals surface area contributed by atoms with Crippen LogP contribution in [0.5, 0.6) is 5.75 Å². The zero-order chi connectivity index (χ0) is 22.5. The highest BCUT2D eigenvalue weighted by Gasteiger charge is 2.20. The molecular weight excluding hydrogens is 402 g/mol. The number of carbonyl (C=O) groups is 1. The number of nitrogens with one attached hydrogen (secondary N) is 1. The molecule has 1 amide bonds. The predicted octanol–water partition coefficient (Wildman–Crippen LogP) is 5.60. The molecule has 0 radical (unpaired) electrons. The van der Waals surface area contributed by atoms with E-state index in [1.54, 1.807) is 12.1 Å². The minimum atomic E-state index is -0.258. The van der Waals surface area contributed by atoms with E-state index in [0.717, 1.165) is 42.0 Å². The lowest BCUT2D eigenvalue weighted by Crippen LogP contribution is -2.28. The summed E-state index contributed by atoms with van der Waals surface area (Å²) in [6.45, 7) is 7.60. The maximum Gasteiger partial charge on any atom is 0.287 e. The summed E-state index contributed by atoms with van der Waals surface area (Å²) in [5, 5.41) is 2.99. The third kappa shape index (κ3) is 4.69. The van der Waals surface area contributed by atoms with Gasteiger partial charge in [-0.2, -0.15) is 0 Å². The van der Waals surface area contributed by atoms with Crippen molar-refractivity contribution in [2.24, 2.45) is 0 Å². The van der Waals surface area contributed by atoms with E-state index in [-0.39, 0.29) is 11.9 Å². The monoisotopic (exact) mass is 431 g/mol. The van der Waals surface area contributed by atoms with Crippen molar-refractivity contribution in [1.29, 1.82) is 0 Å². The molecule has 4 rings (SSSR count). The molecule has 2 heterocycles. The Morgan fingerprint density at radius 2 is 1.94 bits per heavy atom. The lowest BCUT2D eigenvalue weighted by molar-refractivity contribution is 0.0909. The average Bonchev–Trinajstić information content (AvgIpc) is 3.45. The van der Waals surface area contributed by atoms with Gasteiger partial charge in [-0.1, -0.05) is 24.3 Å². The number of hydrogen-bond donors (Lipinski definition) is 1. The molecule has 0 aliphatic rings. The zero-order valence-electron chi connectivity index (χ0n) is 18.8. The van der Waals surface area contributed by atoms with Crippen molar-refractivity contribution < 1.29 is 13.9 Å². The lowest BCUT2D eigenvalue weighted by atomic mass is 10.1. The van der Waals surface area contributed by atoms with E-state index in [2.05, 4.69) is 35.9 Å². The Labute approximate surface area is 188 Å². The third-order valence-corrected chi connectivity index (χ3v) is 5.75. The Morgan fingerprint density at radius 3 is 2.75 bits per heavy atom. The number of amides is 1. The fourth-order valence-corrected chi connectivity index (χ4v) is 3.83. The lowest BCUT2D eigenvalue weighted by Gasteiger charge is -2.16. The van der Waals surface area contributed by atoms with E-state index in [0.29, 0.717) is 12.4 Å². The fourth-order valence-electron chi connectivity index (χ4n) is 3.83. The van der Waals surface area contributed by atoms with Crippen LogP contribution in [0.25, 0.3) is 11.0 Å². The second-order valence-corrected chi connectivity index (χ2v) is 8.04. The summed E-state index contributed by atoms with van der Waals surface area (Å²) in [7, 11) is 0. The number of imidazole rings is 1. The molecular formula is C26H29N3O3. The quantitative estimate of drug-likeness (QED) is 0.350. The molecule has 0 aliphatic heterocycles. The molecule has 0 aliphatic carbocycles. The van der Waals surface area contributed by atoms with E-state index in [1.165, 1.54) is 17.4 Å². The van der Waals surface area contributed by atoms with Crippen LogP contribution in [-0.2, 0) is 6.54 Å². The number of fused-ring (bicyclic) bond motifs is 1. The number of hydrogen-bond acceptors (Lipinski definition) is 4. The van der Waals surface area contributed by atoms with Gasteiger partial charge < -0.3 is 19.0 Å². The first-order chi connectivity index (χ1) is 15.5. The van der Waals surface area contributed by atoms with Crippen molar-refractivity contribution in [3.63, 3.8) is 0 Å². The molecule has 2 aromatic heterocycles. The van der Waals surface area contributed by atoms with Gasteiger partial charge in [0.2, 0.25) is 0 Å². The van der Waals surface area contributed by atoms with Gasteiger partial charge in [-0.25, -0.2) is 4.98 Å². The molecule has 0 bridgehead atoms. The largest absolute Gasteiger partial charge is 0.493 e. The van der Waals surface area contributed by atoms with Gasteiger partial charge in [-0.15, -0.1) is 0 Å². The number of nitrogens with zero attached hydrogens (tertiary/aromatic N) is 2. The summed E-state index contributed by atoms with van der Waals surface area (Å²) in [5.74, 6) is 1.83. The smallest absolute Gasteiger partial charge is 0.287 e. The number of ether oxygens (including phenoxy) is 1. The first-order valence-electron chi connectivity index (χ1n) is 11.0. The summed E-state index contributed by atoms with van der Waals surface area (Å²) in [4.78, 5) is 17.2. The van der Waals surface area contributed by atoms with Crippen molar-refractivity contribution in [2.75, 3.05) is 6.61 Å². The summed E-state index contributed by atoms with van der Waals surface area (Å²) in [6.07, 6.45) is 3.36. The second kappa shape index (κ2) is 9.73. The van der Waals surface area contributed by atoms with Crippen molar-refractivity contribution >= 4 is 16.9 Å². The number of benzene rings is 2. The summed E-state index contributed by atoms with van der Waals surface area (Å²) in [5.41, 5.74) is 4.42. The van der Waals surface area contributed by atoms with Gasteiger partial charge in [0.15, 0.2) is 5.76 Å². The summed E-state index contributed by atoms with van der Waals surface area (Å²) < 4.78 is 13.4. The first-order valence-corrected chi connectivity index (χ1v) is 11.0. The normalized spacial score (nSPS) is 12.1. The fraction of sp³-hybridized carbons (Fsp3) is 0.308. The van der Waals surface area contributed by atoms with E-state index in [9.17, 15) is 4.79 Å². The van der Waals surface area contributed by atoms with Crippen LogP contribution in [0.1, 0.15) is 53.3 Å². The Kier molecular flexibility index (Phi) is 6.59. The van der Waals surface area contributed by atoms with Gasteiger partial charge in [-0.3, -0.25) is 4.79 Å². The maximum atomic E-state index is 12.4. The zero-order valence-corrected chi connectivity index (χ0v) is 18.8. The van der Waals surface area contributed by atoms with Crippen LogP contribution in [0, 0.1) is 13.8 Å². The Bertz CT molecular complexity index is 1190. The molecule has 4 aromatic rings. The van der Waals surface area contributed by atoms with E-state index >= 15 is 0 Å². The third-order valence-electron chi connectivity index (χ3n) is 5.75. The van der Waals surface area contributed by atoms with Crippen LogP contribution in [0.15, 0.2) is 65.3 Å². The molecule has 2 aromatic carbocycles. The van der Waals surface area contributed by atoms with Crippen LogP contribution in [-0.4, -0.2) is 22.1 Å². The number of para-hydroxylation sites is 2. The van der Waals surface area contributed by atoms with E-state index in [1.807, 2.05) is 37.3 Å². The van der Waals surface area contributed by atoms with Crippen LogP contribution >= 0.6 is 0 Å². The van der Waals surface area contributed by atoms with E-state index in [4.69, 9.17) is 14.1 Å². The van der Waals surface area contributed by atoms with Gasteiger partial charge in [0.1, 0.15) is 11.6 Å². The number of furan rings is 1. The Hall–Kier alpha value is -3.54. The summed E-state index contributed by atoms with van der Waals surface area (Å²) >= 11 is 0. The molecule has 0 saturated carbocycles. The van der Waals surface area contributed by atoms with E-state index < -0.39 is 0 Å². The minimum absolute atomic E-state index is 0.247. The van der Waals surface area contributed by atoms with Crippen LogP contribution < -0.4 is 10.1 Å². The number of aromatic nitrogens is 2. The number of unbranched alkanes of at least 4 members (excludes halogenated alkanes) is 1. The molecule has 1 unspecified atom stereocenters. The van der Waals surface area contributed by atoms with Gasteiger partial charge in [0.05, 0.1) is 29.9 Å². The van der Waals surface area contributed by atoms with Crippen molar-refractivity contribution in [2.45, 2.75) is 46.2 Å². The topological polar surface area (TPSA) is 69.3 Å². The average molecular weight is 432 g/mol. The van der Waals surface area contributed by atoms with Crippen LogP contribution in [0.2, 0.25) is 0 Å². The molecule has 1 atom stereocenters. The SMILES string of the molecule is Cc1cccc(OCCCCn2c(C(C)NC(=O)c3ccco3)nc3ccccc32)c1C. The van der Waals surface area contributed by atoms with Crippen LogP contribution in [0.4, 0.5) is 0 Å². The minimum Gasteiger partial charge on any atom is -0.493 e. The van der Waals surface area contributed by atoms with Crippen molar-refractivity contribution in [1.82, 2.24) is 14.9 Å². The number of rotatable bonds is 9. The molecule has 166 valence electrons.